The summed E-state index contributed by atoms with van der Waals surface area (Å²) in [7, 11) is 1.22. The van der Waals surface area contributed by atoms with Crippen LogP contribution < -0.4 is 0 Å². The summed E-state index contributed by atoms with van der Waals surface area (Å²) in [4.78, 5) is 11.4. The van der Waals surface area contributed by atoms with Crippen LogP contribution in [0.2, 0.25) is 0 Å². The Labute approximate surface area is 108 Å². The molecular formula is C12H12FN3O3. The summed E-state index contributed by atoms with van der Waals surface area (Å²) in [5.41, 5.74) is 0.841. The highest BCUT2D eigenvalue weighted by molar-refractivity contribution is 5.88. The number of nitrogens with zero attached hydrogens (tertiary/aromatic N) is 3. The minimum Gasteiger partial charge on any atom is -0.464 e. The maximum Gasteiger partial charge on any atom is 0.360 e. The molecule has 0 aliphatic heterocycles. The molecule has 100 valence electrons. The molecule has 1 heterocycles. The van der Waals surface area contributed by atoms with Crippen LogP contribution in [-0.2, 0) is 17.9 Å². The second kappa shape index (κ2) is 5.57. The van der Waals surface area contributed by atoms with Crippen molar-refractivity contribution < 1.29 is 19.0 Å². The molecule has 19 heavy (non-hydrogen) atoms. The highest BCUT2D eigenvalue weighted by Crippen LogP contribution is 2.11. The number of rotatable bonds is 4. The quantitative estimate of drug-likeness (QED) is 0.825. The van der Waals surface area contributed by atoms with Crippen LogP contribution >= 0.6 is 0 Å². The number of aliphatic hydroxyl groups is 1. The summed E-state index contributed by atoms with van der Waals surface area (Å²) >= 11 is 0. The first-order chi connectivity index (χ1) is 9.15. The summed E-state index contributed by atoms with van der Waals surface area (Å²) in [6, 6.07) is 5.96. The van der Waals surface area contributed by atoms with Crippen molar-refractivity contribution in [1.29, 1.82) is 0 Å². The first-order valence-corrected chi connectivity index (χ1v) is 5.51. The molecule has 7 heteroatoms. The highest BCUT2D eigenvalue weighted by atomic mass is 19.1. The monoisotopic (exact) mass is 265 g/mol. The molecule has 0 saturated heterocycles. The third-order valence-electron chi connectivity index (χ3n) is 2.59. The molecule has 0 amide bonds. The Balaban J connectivity index is 2.30. The van der Waals surface area contributed by atoms with Crippen molar-refractivity contribution in [3.63, 3.8) is 0 Å². The molecule has 6 nitrogen and oxygen atoms in total. The second-order valence-electron chi connectivity index (χ2n) is 3.82. The van der Waals surface area contributed by atoms with Gasteiger partial charge in [-0.1, -0.05) is 17.3 Å². The van der Waals surface area contributed by atoms with E-state index in [0.29, 0.717) is 5.56 Å². The van der Waals surface area contributed by atoms with Gasteiger partial charge in [0.2, 0.25) is 0 Å². The van der Waals surface area contributed by atoms with Gasteiger partial charge in [0.1, 0.15) is 5.82 Å². The van der Waals surface area contributed by atoms with Gasteiger partial charge < -0.3 is 9.84 Å². The fraction of sp³-hybridized carbons (Fsp3) is 0.250. The summed E-state index contributed by atoms with van der Waals surface area (Å²) in [6.07, 6.45) is 0. The number of carbonyl (C=O) groups is 1. The van der Waals surface area contributed by atoms with Crippen LogP contribution in [0.3, 0.4) is 0 Å². The van der Waals surface area contributed by atoms with Gasteiger partial charge in [-0.15, -0.1) is 5.10 Å². The zero-order valence-electron chi connectivity index (χ0n) is 10.2. The number of aromatic nitrogens is 3. The fourth-order valence-electron chi connectivity index (χ4n) is 1.68. The standard InChI is InChI=1S/C12H12FN3O3/c1-19-12(18)11-10(7-17)16(15-14-11)6-8-3-2-4-9(13)5-8/h2-5,17H,6-7H2,1H3. The number of halogens is 1. The lowest BCUT2D eigenvalue weighted by molar-refractivity contribution is 0.0590. The van der Waals surface area contributed by atoms with Crippen LogP contribution in [0.25, 0.3) is 0 Å². The van der Waals surface area contributed by atoms with E-state index in [-0.39, 0.29) is 23.7 Å². The van der Waals surface area contributed by atoms with Crippen LogP contribution in [0.1, 0.15) is 21.7 Å². The number of esters is 1. The lowest BCUT2D eigenvalue weighted by Gasteiger charge is -2.05. The van der Waals surface area contributed by atoms with Crippen molar-refractivity contribution >= 4 is 5.97 Å². The fourth-order valence-corrected chi connectivity index (χ4v) is 1.68. The Morgan fingerprint density at radius 3 is 2.95 bits per heavy atom. The van der Waals surface area contributed by atoms with Gasteiger partial charge in [0.05, 0.1) is 26.0 Å². The zero-order chi connectivity index (χ0) is 13.8. The molecule has 0 atom stereocenters. The average Bonchev–Trinajstić information content (AvgIpc) is 2.80. The number of hydrogen-bond acceptors (Lipinski definition) is 5. The first-order valence-electron chi connectivity index (χ1n) is 5.51. The van der Waals surface area contributed by atoms with E-state index < -0.39 is 12.6 Å². The van der Waals surface area contributed by atoms with E-state index in [9.17, 15) is 14.3 Å². The molecule has 1 aromatic carbocycles. The molecule has 0 spiro atoms. The van der Waals surface area contributed by atoms with Gasteiger partial charge in [-0.3, -0.25) is 0 Å². The van der Waals surface area contributed by atoms with Gasteiger partial charge in [0, 0.05) is 0 Å². The van der Waals surface area contributed by atoms with Gasteiger partial charge in [0.25, 0.3) is 0 Å². The molecule has 0 aliphatic carbocycles. The van der Waals surface area contributed by atoms with Crippen LogP contribution in [0.4, 0.5) is 4.39 Å². The van der Waals surface area contributed by atoms with Gasteiger partial charge in [-0.05, 0) is 17.7 Å². The predicted molar refractivity (Wildman–Crippen MR) is 62.8 cm³/mol. The Bertz CT molecular complexity index is 598. The van der Waals surface area contributed by atoms with Crippen LogP contribution in [-0.4, -0.2) is 33.2 Å². The molecule has 0 radical (unpaired) electrons. The Kier molecular flexibility index (Phi) is 3.86. The third-order valence-corrected chi connectivity index (χ3v) is 2.59. The zero-order valence-corrected chi connectivity index (χ0v) is 10.2. The SMILES string of the molecule is COC(=O)c1nnn(Cc2cccc(F)c2)c1CO. The molecule has 0 saturated carbocycles. The summed E-state index contributed by atoms with van der Waals surface area (Å²) < 4.78 is 18.9. The molecule has 1 aromatic heterocycles. The van der Waals surface area contributed by atoms with Crippen LogP contribution in [0.15, 0.2) is 24.3 Å². The van der Waals surface area contributed by atoms with Gasteiger partial charge in [-0.2, -0.15) is 0 Å². The van der Waals surface area contributed by atoms with E-state index in [1.807, 2.05) is 0 Å². The molecule has 0 unspecified atom stereocenters. The smallest absolute Gasteiger partial charge is 0.360 e. The van der Waals surface area contributed by atoms with Crippen molar-refractivity contribution in [3.05, 3.63) is 47.0 Å². The molecule has 2 rings (SSSR count). The Morgan fingerprint density at radius 1 is 1.53 bits per heavy atom. The number of ether oxygens (including phenoxy) is 1. The number of methoxy groups -OCH3 is 1. The van der Waals surface area contributed by atoms with E-state index in [0.717, 1.165) is 0 Å². The minimum absolute atomic E-state index is 0.0404. The first kappa shape index (κ1) is 13.2. The second-order valence-corrected chi connectivity index (χ2v) is 3.82. The lowest BCUT2D eigenvalue weighted by Crippen LogP contribution is -2.10. The maximum absolute atomic E-state index is 13.1. The van der Waals surface area contributed by atoms with Crippen molar-refractivity contribution in [2.75, 3.05) is 7.11 Å². The van der Waals surface area contributed by atoms with E-state index >= 15 is 0 Å². The van der Waals surface area contributed by atoms with Crippen molar-refractivity contribution in [2.45, 2.75) is 13.2 Å². The van der Waals surface area contributed by atoms with Gasteiger partial charge in [-0.25, -0.2) is 13.9 Å². The van der Waals surface area contributed by atoms with E-state index in [4.69, 9.17) is 0 Å². The maximum atomic E-state index is 13.1. The van der Waals surface area contributed by atoms with Gasteiger partial charge >= 0.3 is 5.97 Å². The average molecular weight is 265 g/mol. The molecule has 1 N–H and O–H groups in total. The number of hydrogen-bond donors (Lipinski definition) is 1. The summed E-state index contributed by atoms with van der Waals surface area (Å²) in [5, 5.41) is 16.7. The number of benzene rings is 1. The Morgan fingerprint density at radius 2 is 2.32 bits per heavy atom. The van der Waals surface area contributed by atoms with Crippen LogP contribution in [0, 0.1) is 5.82 Å². The summed E-state index contributed by atoms with van der Waals surface area (Å²) in [6.45, 7) is -0.204. The topological polar surface area (TPSA) is 77.2 Å². The number of carbonyl (C=O) groups excluding carboxylic acids is 1. The van der Waals surface area contributed by atoms with Crippen LogP contribution in [0.5, 0.6) is 0 Å². The minimum atomic E-state index is -0.672. The predicted octanol–water partition coefficient (Wildman–Crippen LogP) is 0.744. The molecule has 0 fully saturated rings. The molecule has 0 bridgehead atoms. The summed E-state index contributed by atoms with van der Waals surface area (Å²) in [5.74, 6) is -1.04. The van der Waals surface area contributed by atoms with E-state index in [1.54, 1.807) is 12.1 Å². The molecule has 2 aromatic rings. The molecule has 0 aliphatic rings. The highest BCUT2D eigenvalue weighted by Gasteiger charge is 2.19. The number of aliphatic hydroxyl groups excluding tert-OH is 1. The van der Waals surface area contributed by atoms with E-state index in [2.05, 4.69) is 15.0 Å². The van der Waals surface area contributed by atoms with E-state index in [1.165, 1.54) is 23.9 Å². The third kappa shape index (κ3) is 2.76. The lowest BCUT2D eigenvalue weighted by atomic mass is 10.2. The normalized spacial score (nSPS) is 10.5. The van der Waals surface area contributed by atoms with Gasteiger partial charge in [0.15, 0.2) is 5.69 Å². The van der Waals surface area contributed by atoms with Crippen molar-refractivity contribution in [1.82, 2.24) is 15.0 Å². The molecular weight excluding hydrogens is 253 g/mol. The largest absolute Gasteiger partial charge is 0.464 e. The Hall–Kier alpha value is -2.28. The van der Waals surface area contributed by atoms with Crippen molar-refractivity contribution in [3.8, 4) is 0 Å². The van der Waals surface area contributed by atoms with Crippen molar-refractivity contribution in [2.24, 2.45) is 0 Å².